The van der Waals surface area contributed by atoms with Crippen molar-refractivity contribution in [1.29, 1.82) is 0 Å². The number of carbonyl (C=O) groups is 3. The highest BCUT2D eigenvalue weighted by Gasteiger charge is 2.36. The maximum atomic E-state index is 12.7. The summed E-state index contributed by atoms with van der Waals surface area (Å²) in [6, 6.07) is 12.6. The molecule has 0 spiro atoms. The first-order valence-corrected chi connectivity index (χ1v) is 9.00. The van der Waals surface area contributed by atoms with Gasteiger partial charge in [-0.25, -0.2) is 9.59 Å². The summed E-state index contributed by atoms with van der Waals surface area (Å²) in [5.74, 6) is -1.46. The van der Waals surface area contributed by atoms with Crippen molar-refractivity contribution in [3.63, 3.8) is 0 Å². The van der Waals surface area contributed by atoms with Gasteiger partial charge in [0.15, 0.2) is 0 Å². The molecule has 1 aliphatic heterocycles. The molecule has 28 heavy (non-hydrogen) atoms. The molecule has 1 aliphatic rings. The van der Waals surface area contributed by atoms with Crippen LogP contribution in [-0.2, 0) is 14.3 Å². The van der Waals surface area contributed by atoms with Crippen LogP contribution in [0.3, 0.4) is 0 Å². The number of nitrogens with zero attached hydrogens (tertiary/aromatic N) is 1. The molecular weight excluding hydrogens is 360 g/mol. The molecule has 2 N–H and O–H groups in total. The molecule has 0 radical (unpaired) electrons. The Morgan fingerprint density at radius 3 is 2.57 bits per heavy atom. The Morgan fingerprint density at radius 1 is 1.18 bits per heavy atom. The number of amides is 2. The molecule has 0 fully saturated rings. The number of hydrogen-bond donors (Lipinski definition) is 2. The standard InChI is InChI=1S/C21H22N2O5/c1-13-18(20(26)28-2)19(22-21(27)23(13)11-5-8-17(24)25)16-10-9-14-6-3-4-7-15(14)12-16/h3-4,6-7,9-10,12,19H,5,8,11H2,1-2H3,(H,22,27)(H,24,25)/t19-/m0/s1. The molecule has 1 heterocycles. The Kier molecular flexibility index (Phi) is 5.63. The second-order valence-electron chi connectivity index (χ2n) is 6.63. The zero-order valence-corrected chi connectivity index (χ0v) is 15.8. The Hall–Kier alpha value is -3.35. The summed E-state index contributed by atoms with van der Waals surface area (Å²) in [6.45, 7) is 1.88. The summed E-state index contributed by atoms with van der Waals surface area (Å²) >= 11 is 0. The van der Waals surface area contributed by atoms with E-state index in [1.807, 2.05) is 42.5 Å². The molecule has 0 aromatic heterocycles. The van der Waals surface area contributed by atoms with Gasteiger partial charge in [-0.1, -0.05) is 36.4 Å². The average molecular weight is 382 g/mol. The number of ether oxygens (including phenoxy) is 1. The lowest BCUT2D eigenvalue weighted by Crippen LogP contribution is -2.48. The van der Waals surface area contributed by atoms with E-state index in [0.717, 1.165) is 16.3 Å². The number of fused-ring (bicyclic) bond motifs is 1. The first kappa shape index (κ1) is 19.4. The van der Waals surface area contributed by atoms with E-state index in [1.54, 1.807) is 6.92 Å². The Morgan fingerprint density at radius 2 is 1.89 bits per heavy atom. The van der Waals surface area contributed by atoms with E-state index < -0.39 is 18.0 Å². The zero-order chi connectivity index (χ0) is 20.3. The fourth-order valence-electron chi connectivity index (χ4n) is 3.45. The van der Waals surface area contributed by atoms with Crippen LogP contribution in [0.4, 0.5) is 4.79 Å². The number of methoxy groups -OCH3 is 1. The number of esters is 1. The van der Waals surface area contributed by atoms with Crippen LogP contribution >= 0.6 is 0 Å². The van der Waals surface area contributed by atoms with E-state index in [2.05, 4.69) is 5.32 Å². The van der Waals surface area contributed by atoms with Crippen LogP contribution in [0, 0.1) is 0 Å². The van der Waals surface area contributed by atoms with Gasteiger partial charge in [-0.2, -0.15) is 0 Å². The van der Waals surface area contributed by atoms with E-state index in [-0.39, 0.29) is 25.4 Å². The van der Waals surface area contributed by atoms with Gasteiger partial charge >= 0.3 is 18.0 Å². The Balaban J connectivity index is 1.99. The first-order valence-electron chi connectivity index (χ1n) is 9.00. The summed E-state index contributed by atoms with van der Waals surface area (Å²) < 4.78 is 4.96. The van der Waals surface area contributed by atoms with E-state index in [0.29, 0.717) is 11.3 Å². The highest BCUT2D eigenvalue weighted by atomic mass is 16.5. The van der Waals surface area contributed by atoms with Crippen LogP contribution < -0.4 is 5.32 Å². The number of carboxylic acids is 1. The monoisotopic (exact) mass is 382 g/mol. The number of rotatable bonds is 6. The van der Waals surface area contributed by atoms with Crippen LogP contribution in [0.5, 0.6) is 0 Å². The fourth-order valence-corrected chi connectivity index (χ4v) is 3.45. The van der Waals surface area contributed by atoms with Crippen molar-refractivity contribution in [3.8, 4) is 0 Å². The van der Waals surface area contributed by atoms with Crippen LogP contribution in [0.25, 0.3) is 10.8 Å². The zero-order valence-electron chi connectivity index (χ0n) is 15.8. The molecule has 2 aromatic carbocycles. The smallest absolute Gasteiger partial charge is 0.337 e. The summed E-state index contributed by atoms with van der Waals surface area (Å²) in [4.78, 5) is 37.3. The summed E-state index contributed by atoms with van der Waals surface area (Å²) in [5, 5.41) is 13.7. The molecule has 0 saturated carbocycles. The highest BCUT2D eigenvalue weighted by molar-refractivity contribution is 5.95. The van der Waals surface area contributed by atoms with Gasteiger partial charge in [0.1, 0.15) is 0 Å². The SMILES string of the molecule is COC(=O)C1=C(C)N(CCCC(=O)O)C(=O)N[C@H]1c1ccc2ccccc2c1. The van der Waals surface area contributed by atoms with Crippen molar-refractivity contribution in [2.75, 3.05) is 13.7 Å². The number of nitrogens with one attached hydrogen (secondary N) is 1. The van der Waals surface area contributed by atoms with Gasteiger partial charge < -0.3 is 15.2 Å². The molecule has 0 aliphatic carbocycles. The quantitative estimate of drug-likeness (QED) is 0.748. The molecule has 7 heteroatoms. The number of allylic oxidation sites excluding steroid dienone is 1. The molecular formula is C21H22N2O5. The van der Waals surface area contributed by atoms with Crippen molar-refractivity contribution in [3.05, 3.63) is 59.3 Å². The van der Waals surface area contributed by atoms with Crippen molar-refractivity contribution in [2.45, 2.75) is 25.8 Å². The minimum atomic E-state index is -0.929. The van der Waals surface area contributed by atoms with Gasteiger partial charge in [0.2, 0.25) is 0 Å². The molecule has 1 atom stereocenters. The topological polar surface area (TPSA) is 95.9 Å². The van der Waals surface area contributed by atoms with E-state index >= 15 is 0 Å². The Labute approximate surface area is 162 Å². The van der Waals surface area contributed by atoms with Gasteiger partial charge in [-0.15, -0.1) is 0 Å². The lowest BCUT2D eigenvalue weighted by molar-refractivity contribution is -0.138. The lowest BCUT2D eigenvalue weighted by Gasteiger charge is -2.35. The summed E-state index contributed by atoms with van der Waals surface area (Å²) in [5.41, 5.74) is 1.59. The van der Waals surface area contributed by atoms with Crippen LogP contribution in [0.15, 0.2) is 53.7 Å². The van der Waals surface area contributed by atoms with Gasteiger partial charge in [-0.05, 0) is 35.7 Å². The third-order valence-corrected chi connectivity index (χ3v) is 4.88. The summed E-state index contributed by atoms with van der Waals surface area (Å²) in [6.07, 6.45) is 0.230. The van der Waals surface area contributed by atoms with E-state index in [9.17, 15) is 14.4 Å². The predicted octanol–water partition coefficient (Wildman–Crippen LogP) is 3.22. The van der Waals surface area contributed by atoms with E-state index in [1.165, 1.54) is 12.0 Å². The highest BCUT2D eigenvalue weighted by Crippen LogP contribution is 2.32. The normalized spacial score (nSPS) is 16.9. The number of benzene rings is 2. The molecule has 0 unspecified atom stereocenters. The second-order valence-corrected chi connectivity index (χ2v) is 6.63. The third kappa shape index (κ3) is 3.83. The van der Waals surface area contributed by atoms with E-state index in [4.69, 9.17) is 9.84 Å². The molecule has 3 rings (SSSR count). The van der Waals surface area contributed by atoms with Crippen molar-refractivity contribution in [2.24, 2.45) is 0 Å². The number of hydrogen-bond acceptors (Lipinski definition) is 4. The maximum absolute atomic E-state index is 12.7. The third-order valence-electron chi connectivity index (χ3n) is 4.88. The van der Waals surface area contributed by atoms with Gasteiger partial charge in [-0.3, -0.25) is 9.69 Å². The number of urea groups is 1. The fraction of sp³-hybridized carbons (Fsp3) is 0.286. The number of carboxylic acid groups (broad SMARTS) is 1. The molecule has 146 valence electrons. The van der Waals surface area contributed by atoms with Crippen LogP contribution in [0.1, 0.15) is 31.4 Å². The molecule has 7 nitrogen and oxygen atoms in total. The van der Waals surface area contributed by atoms with Crippen molar-refractivity contribution < 1.29 is 24.2 Å². The average Bonchev–Trinajstić information content (AvgIpc) is 2.69. The largest absolute Gasteiger partial charge is 0.481 e. The molecule has 2 aromatic rings. The van der Waals surface area contributed by atoms with Gasteiger partial charge in [0.25, 0.3) is 0 Å². The number of carbonyl (C=O) groups excluding carboxylic acids is 2. The van der Waals surface area contributed by atoms with Crippen molar-refractivity contribution >= 4 is 28.7 Å². The number of aliphatic carboxylic acids is 1. The second kappa shape index (κ2) is 8.12. The first-order chi connectivity index (χ1) is 13.4. The Bertz CT molecular complexity index is 966. The van der Waals surface area contributed by atoms with Crippen LogP contribution in [0.2, 0.25) is 0 Å². The minimum Gasteiger partial charge on any atom is -0.481 e. The van der Waals surface area contributed by atoms with Gasteiger partial charge in [0, 0.05) is 18.7 Å². The molecule has 0 bridgehead atoms. The van der Waals surface area contributed by atoms with Gasteiger partial charge in [0.05, 0.1) is 18.7 Å². The molecule has 2 amide bonds. The molecule has 0 saturated heterocycles. The van der Waals surface area contributed by atoms with Crippen LogP contribution in [-0.4, -0.2) is 41.6 Å². The van der Waals surface area contributed by atoms with Crippen molar-refractivity contribution in [1.82, 2.24) is 10.2 Å². The maximum Gasteiger partial charge on any atom is 0.337 e. The minimum absolute atomic E-state index is 0.0568. The predicted molar refractivity (Wildman–Crippen MR) is 104 cm³/mol. The lowest BCUT2D eigenvalue weighted by atomic mass is 9.93. The summed E-state index contributed by atoms with van der Waals surface area (Å²) in [7, 11) is 1.30.